The lowest BCUT2D eigenvalue weighted by molar-refractivity contribution is -0.137. The van der Waals surface area contributed by atoms with Gasteiger partial charge in [-0.1, -0.05) is 6.07 Å². The predicted molar refractivity (Wildman–Crippen MR) is 88.7 cm³/mol. The molecular formula is C18H18F3N3O. The zero-order chi connectivity index (χ0) is 18.2. The number of benzene rings is 1. The van der Waals surface area contributed by atoms with Crippen molar-refractivity contribution >= 4 is 12.1 Å². The number of hydrogen-bond acceptors (Lipinski definition) is 2. The number of amides is 1. The normalized spacial score (nSPS) is 14.9. The fraction of sp³-hybridized carbons (Fsp3) is 0.333. The summed E-state index contributed by atoms with van der Waals surface area (Å²) >= 11 is 0. The second-order valence-electron chi connectivity index (χ2n) is 6.22. The molecule has 1 N–H and O–H groups in total. The van der Waals surface area contributed by atoms with Gasteiger partial charge in [0, 0.05) is 28.6 Å². The molecule has 0 bridgehead atoms. The van der Waals surface area contributed by atoms with E-state index < -0.39 is 11.7 Å². The van der Waals surface area contributed by atoms with Crippen LogP contribution in [0.5, 0.6) is 0 Å². The Labute approximate surface area is 143 Å². The molecule has 7 heteroatoms. The summed E-state index contributed by atoms with van der Waals surface area (Å²) < 4.78 is 40.5. The Hall–Kier alpha value is -2.57. The molecule has 0 spiro atoms. The number of rotatable bonds is 4. The van der Waals surface area contributed by atoms with E-state index in [1.165, 1.54) is 12.3 Å². The van der Waals surface area contributed by atoms with Crippen LogP contribution in [0.3, 0.4) is 0 Å². The second kappa shape index (κ2) is 6.38. The van der Waals surface area contributed by atoms with E-state index in [9.17, 15) is 18.0 Å². The molecule has 4 nitrogen and oxygen atoms in total. The standard InChI is InChI=1S/C18H18F3N3O/c1-11-8-14(10-22-23-17(25)13-6-7-13)12(2)24(11)16-5-3-4-15(9-16)18(19,20)21/h3-5,8-10,13H,6-7H2,1-2H3,(H,23,25)/b22-10-. The topological polar surface area (TPSA) is 46.4 Å². The van der Waals surface area contributed by atoms with Crippen molar-refractivity contribution in [3.8, 4) is 5.69 Å². The van der Waals surface area contributed by atoms with Crippen LogP contribution in [0.1, 0.15) is 35.4 Å². The lowest BCUT2D eigenvalue weighted by Crippen LogP contribution is -2.19. The van der Waals surface area contributed by atoms with Gasteiger partial charge >= 0.3 is 6.18 Å². The molecule has 132 valence electrons. The summed E-state index contributed by atoms with van der Waals surface area (Å²) in [7, 11) is 0. The third kappa shape index (κ3) is 3.75. The van der Waals surface area contributed by atoms with Crippen molar-refractivity contribution in [3.05, 3.63) is 52.8 Å². The first kappa shape index (κ1) is 17.3. The lowest BCUT2D eigenvalue weighted by atomic mass is 10.2. The van der Waals surface area contributed by atoms with Gasteiger partial charge in [0.25, 0.3) is 0 Å². The molecule has 0 radical (unpaired) electrons. The van der Waals surface area contributed by atoms with E-state index in [1.807, 2.05) is 13.0 Å². The highest BCUT2D eigenvalue weighted by atomic mass is 19.4. The van der Waals surface area contributed by atoms with Gasteiger partial charge in [0.05, 0.1) is 11.8 Å². The van der Waals surface area contributed by atoms with E-state index in [-0.39, 0.29) is 11.8 Å². The highest BCUT2D eigenvalue weighted by molar-refractivity contribution is 5.85. The highest BCUT2D eigenvalue weighted by Crippen LogP contribution is 2.31. The summed E-state index contributed by atoms with van der Waals surface area (Å²) in [6, 6.07) is 7.01. The number of carbonyl (C=O) groups is 1. The fourth-order valence-electron chi connectivity index (χ4n) is 2.74. The summed E-state index contributed by atoms with van der Waals surface area (Å²) in [5.41, 5.74) is 4.51. The number of nitrogens with one attached hydrogen (secondary N) is 1. The first-order valence-electron chi connectivity index (χ1n) is 7.97. The predicted octanol–water partition coefficient (Wildman–Crippen LogP) is 3.97. The molecule has 0 unspecified atom stereocenters. The zero-order valence-electron chi connectivity index (χ0n) is 13.9. The van der Waals surface area contributed by atoms with Crippen LogP contribution in [0.2, 0.25) is 0 Å². The van der Waals surface area contributed by atoms with Crippen LogP contribution in [0, 0.1) is 19.8 Å². The number of aromatic nitrogens is 1. The minimum absolute atomic E-state index is 0.0645. The third-order valence-corrected chi connectivity index (χ3v) is 4.23. The Balaban J connectivity index is 1.87. The Morgan fingerprint density at radius 2 is 2.00 bits per heavy atom. The van der Waals surface area contributed by atoms with Gasteiger partial charge in [-0.15, -0.1) is 0 Å². The van der Waals surface area contributed by atoms with E-state index >= 15 is 0 Å². The maximum Gasteiger partial charge on any atom is 0.416 e. The summed E-state index contributed by atoms with van der Waals surface area (Å²) in [5, 5.41) is 3.95. The van der Waals surface area contributed by atoms with Crippen LogP contribution in [0.15, 0.2) is 35.4 Å². The van der Waals surface area contributed by atoms with Crippen molar-refractivity contribution in [1.29, 1.82) is 0 Å². The van der Waals surface area contributed by atoms with Gasteiger partial charge in [0.2, 0.25) is 5.91 Å². The maximum atomic E-state index is 12.9. The summed E-state index contributed by atoms with van der Waals surface area (Å²) in [4.78, 5) is 11.6. The SMILES string of the molecule is Cc1cc(/C=N\NC(=O)C2CC2)c(C)n1-c1cccc(C(F)(F)F)c1. The highest BCUT2D eigenvalue weighted by Gasteiger charge is 2.31. The van der Waals surface area contributed by atoms with Crippen molar-refractivity contribution < 1.29 is 18.0 Å². The fourth-order valence-corrected chi connectivity index (χ4v) is 2.74. The van der Waals surface area contributed by atoms with Crippen molar-refractivity contribution in [2.24, 2.45) is 11.0 Å². The Morgan fingerprint density at radius 1 is 1.28 bits per heavy atom. The molecule has 3 rings (SSSR count). The van der Waals surface area contributed by atoms with Crippen LogP contribution in [-0.4, -0.2) is 16.7 Å². The largest absolute Gasteiger partial charge is 0.416 e. The van der Waals surface area contributed by atoms with Crippen molar-refractivity contribution in [2.45, 2.75) is 32.9 Å². The van der Waals surface area contributed by atoms with E-state index in [2.05, 4.69) is 10.5 Å². The molecule has 1 aliphatic rings. The maximum absolute atomic E-state index is 12.9. The lowest BCUT2D eigenvalue weighted by Gasteiger charge is -2.13. The molecule has 0 aliphatic heterocycles. The summed E-state index contributed by atoms with van der Waals surface area (Å²) in [6.45, 7) is 3.62. The molecule has 1 amide bonds. The number of nitrogens with zero attached hydrogens (tertiary/aromatic N) is 2. The van der Waals surface area contributed by atoms with Gasteiger partial charge < -0.3 is 4.57 Å². The third-order valence-electron chi connectivity index (χ3n) is 4.23. The molecule has 2 aromatic rings. The van der Waals surface area contributed by atoms with Crippen LogP contribution in [-0.2, 0) is 11.0 Å². The first-order valence-corrected chi connectivity index (χ1v) is 7.97. The van der Waals surface area contributed by atoms with Gasteiger partial charge in [-0.3, -0.25) is 4.79 Å². The summed E-state index contributed by atoms with van der Waals surface area (Å²) in [6.07, 6.45) is -1.08. The number of aryl methyl sites for hydroxylation is 1. The van der Waals surface area contributed by atoms with Crippen molar-refractivity contribution in [1.82, 2.24) is 9.99 Å². The Morgan fingerprint density at radius 3 is 2.64 bits per heavy atom. The molecule has 25 heavy (non-hydrogen) atoms. The minimum Gasteiger partial charge on any atom is -0.318 e. The van der Waals surface area contributed by atoms with Gasteiger partial charge in [-0.05, 0) is 51.0 Å². The molecule has 1 fully saturated rings. The van der Waals surface area contributed by atoms with E-state index in [0.717, 1.165) is 41.9 Å². The van der Waals surface area contributed by atoms with E-state index in [4.69, 9.17) is 0 Å². The van der Waals surface area contributed by atoms with Crippen LogP contribution in [0.25, 0.3) is 5.69 Å². The van der Waals surface area contributed by atoms with Crippen LogP contribution >= 0.6 is 0 Å². The number of carbonyl (C=O) groups excluding carboxylic acids is 1. The molecule has 1 saturated carbocycles. The smallest absolute Gasteiger partial charge is 0.318 e. The first-order chi connectivity index (χ1) is 11.8. The van der Waals surface area contributed by atoms with Gasteiger partial charge in [-0.25, -0.2) is 5.43 Å². The number of hydrogen-bond donors (Lipinski definition) is 1. The van der Waals surface area contributed by atoms with Gasteiger partial charge in [0.15, 0.2) is 0 Å². The van der Waals surface area contributed by atoms with E-state index in [1.54, 1.807) is 17.6 Å². The molecule has 1 aromatic heterocycles. The van der Waals surface area contributed by atoms with Crippen LogP contribution < -0.4 is 5.43 Å². The molecule has 1 aliphatic carbocycles. The molecule has 0 saturated heterocycles. The quantitative estimate of drug-likeness (QED) is 0.659. The van der Waals surface area contributed by atoms with Crippen molar-refractivity contribution in [2.75, 3.05) is 0 Å². The average molecular weight is 349 g/mol. The number of alkyl halides is 3. The number of hydrazone groups is 1. The number of halogens is 3. The molecule has 0 atom stereocenters. The van der Waals surface area contributed by atoms with Gasteiger partial charge in [-0.2, -0.15) is 18.3 Å². The Kier molecular flexibility index (Phi) is 4.41. The summed E-state index contributed by atoms with van der Waals surface area (Å²) in [5.74, 6) is -0.0300. The molecule has 1 heterocycles. The molecular weight excluding hydrogens is 331 g/mol. The van der Waals surface area contributed by atoms with Crippen molar-refractivity contribution in [3.63, 3.8) is 0 Å². The monoisotopic (exact) mass is 349 g/mol. The average Bonchev–Trinajstić information content (AvgIpc) is 3.34. The van der Waals surface area contributed by atoms with Crippen LogP contribution in [0.4, 0.5) is 13.2 Å². The molecule has 1 aromatic carbocycles. The second-order valence-corrected chi connectivity index (χ2v) is 6.22. The minimum atomic E-state index is -4.39. The zero-order valence-corrected chi connectivity index (χ0v) is 13.9. The van der Waals surface area contributed by atoms with Gasteiger partial charge in [0.1, 0.15) is 0 Å². The Bertz CT molecular complexity index is 833. The van der Waals surface area contributed by atoms with E-state index in [0.29, 0.717) is 5.69 Å².